The van der Waals surface area contributed by atoms with Crippen LogP contribution in [0.15, 0.2) is 82.8 Å². The topological polar surface area (TPSA) is 90.1 Å². The van der Waals surface area contributed by atoms with Gasteiger partial charge in [-0.25, -0.2) is 4.39 Å². The van der Waals surface area contributed by atoms with E-state index in [4.69, 9.17) is 0 Å². The van der Waals surface area contributed by atoms with E-state index in [1.54, 1.807) is 36.5 Å². The first-order valence-corrected chi connectivity index (χ1v) is 10.2. The number of alkyl halides is 1. The van der Waals surface area contributed by atoms with Crippen molar-refractivity contribution in [3.05, 3.63) is 88.9 Å². The van der Waals surface area contributed by atoms with Gasteiger partial charge in [-0.1, -0.05) is 30.0 Å². The molecule has 0 atom stereocenters. The minimum atomic E-state index is -1.11. The smallest absolute Gasteiger partial charge is 0.283 e. The summed E-state index contributed by atoms with van der Waals surface area (Å²) in [5.74, 6) is -0.725. The lowest BCUT2D eigenvalue weighted by Crippen LogP contribution is -2.13. The summed E-state index contributed by atoms with van der Waals surface area (Å²) in [6.45, 7) is -0.638. The Labute approximate surface area is 181 Å². The molecule has 0 aliphatic heterocycles. The zero-order valence-corrected chi connectivity index (χ0v) is 17.0. The van der Waals surface area contributed by atoms with Gasteiger partial charge in [0.15, 0.2) is 6.67 Å². The molecular formula is C22H17FN4O3S. The first-order chi connectivity index (χ1) is 15.0. The van der Waals surface area contributed by atoms with Gasteiger partial charge < -0.3 is 9.88 Å². The van der Waals surface area contributed by atoms with Gasteiger partial charge in [0.1, 0.15) is 0 Å². The summed E-state index contributed by atoms with van der Waals surface area (Å²) in [5.41, 5.74) is 2.13. The van der Waals surface area contributed by atoms with Crippen LogP contribution in [-0.4, -0.2) is 27.1 Å². The third-order valence-corrected chi connectivity index (χ3v) is 5.70. The molecule has 7 nitrogen and oxygen atoms in total. The van der Waals surface area contributed by atoms with Crippen LogP contribution in [0.25, 0.3) is 10.9 Å². The van der Waals surface area contributed by atoms with E-state index >= 15 is 0 Å². The number of anilines is 1. The zero-order chi connectivity index (χ0) is 21.8. The molecule has 0 spiro atoms. The van der Waals surface area contributed by atoms with E-state index in [1.165, 1.54) is 17.8 Å². The predicted octanol–water partition coefficient (Wildman–Crippen LogP) is 5.05. The molecule has 4 aromatic rings. The van der Waals surface area contributed by atoms with E-state index in [0.29, 0.717) is 17.1 Å². The maximum absolute atomic E-state index is 12.6. The Morgan fingerprint density at radius 3 is 2.68 bits per heavy atom. The molecule has 1 N–H and O–H groups in total. The Hall–Kier alpha value is -3.72. The molecule has 0 saturated heterocycles. The number of nitrogens with zero attached hydrogens (tertiary/aromatic N) is 3. The second kappa shape index (κ2) is 8.97. The number of nitro groups is 1. The quantitative estimate of drug-likeness (QED) is 0.323. The molecule has 0 saturated carbocycles. The van der Waals surface area contributed by atoms with Gasteiger partial charge in [-0.3, -0.25) is 19.9 Å². The number of aromatic nitrogens is 2. The van der Waals surface area contributed by atoms with Gasteiger partial charge >= 0.3 is 0 Å². The number of amides is 1. The van der Waals surface area contributed by atoms with E-state index in [0.717, 1.165) is 21.5 Å². The highest BCUT2D eigenvalue weighted by atomic mass is 32.2. The van der Waals surface area contributed by atoms with Crippen molar-refractivity contribution in [3.8, 4) is 0 Å². The van der Waals surface area contributed by atoms with Crippen molar-refractivity contribution in [2.45, 2.75) is 16.3 Å². The Bertz CT molecular complexity index is 1260. The van der Waals surface area contributed by atoms with E-state index in [9.17, 15) is 19.3 Å². The van der Waals surface area contributed by atoms with Crippen molar-refractivity contribution in [3.63, 3.8) is 0 Å². The number of carbonyl (C=O) groups is 1. The highest BCUT2D eigenvalue weighted by Gasteiger charge is 2.17. The van der Waals surface area contributed by atoms with Crippen LogP contribution >= 0.6 is 11.8 Å². The number of pyridine rings is 1. The van der Waals surface area contributed by atoms with Crippen LogP contribution < -0.4 is 5.32 Å². The number of rotatable bonds is 7. The number of para-hydroxylation sites is 1. The standard InChI is InChI=1S/C22H17FN4O3S/c23-12-22(28)25-15-8-9-17-19(11-15)26(13-16-5-3-4-10-24-16)14-21(17)31-20-7-2-1-6-18(20)27(29)30/h1-11,14H,12-13H2,(H,25,28). The highest BCUT2D eigenvalue weighted by Crippen LogP contribution is 2.39. The van der Waals surface area contributed by atoms with E-state index < -0.39 is 17.5 Å². The molecule has 0 bridgehead atoms. The Balaban J connectivity index is 1.78. The molecule has 4 rings (SSSR count). The molecule has 9 heteroatoms. The van der Waals surface area contributed by atoms with Gasteiger partial charge in [0.05, 0.1) is 27.6 Å². The molecule has 31 heavy (non-hydrogen) atoms. The number of nitrogens with one attached hydrogen (secondary N) is 1. The molecule has 0 aliphatic carbocycles. The maximum Gasteiger partial charge on any atom is 0.283 e. The lowest BCUT2D eigenvalue weighted by Gasteiger charge is -2.07. The van der Waals surface area contributed by atoms with Crippen LogP contribution in [0.1, 0.15) is 5.69 Å². The van der Waals surface area contributed by atoms with E-state index in [2.05, 4.69) is 10.3 Å². The summed E-state index contributed by atoms with van der Waals surface area (Å²) in [6.07, 6.45) is 3.61. The number of hydrogen-bond acceptors (Lipinski definition) is 5. The predicted molar refractivity (Wildman–Crippen MR) is 117 cm³/mol. The lowest BCUT2D eigenvalue weighted by molar-refractivity contribution is -0.387. The van der Waals surface area contributed by atoms with Crippen LogP contribution in [0, 0.1) is 10.1 Å². The molecule has 0 aliphatic rings. The SMILES string of the molecule is O=C(CF)Nc1ccc2c(Sc3ccccc3[N+](=O)[O-])cn(Cc3ccccn3)c2c1. The second-order valence-corrected chi connectivity index (χ2v) is 7.77. The second-order valence-electron chi connectivity index (χ2n) is 6.68. The van der Waals surface area contributed by atoms with Crippen molar-refractivity contribution in [1.82, 2.24) is 9.55 Å². The van der Waals surface area contributed by atoms with Gasteiger partial charge in [-0.05, 0) is 36.4 Å². The first kappa shape index (κ1) is 20.5. The third-order valence-electron chi connectivity index (χ3n) is 4.59. The van der Waals surface area contributed by atoms with Gasteiger partial charge in [0.25, 0.3) is 11.6 Å². The van der Waals surface area contributed by atoms with Crippen molar-refractivity contribution in [2.24, 2.45) is 0 Å². The van der Waals surface area contributed by atoms with E-state index in [1.807, 2.05) is 35.0 Å². The zero-order valence-electron chi connectivity index (χ0n) is 16.2. The number of benzene rings is 2. The largest absolute Gasteiger partial charge is 0.340 e. The molecule has 0 unspecified atom stereocenters. The normalized spacial score (nSPS) is 10.9. The van der Waals surface area contributed by atoms with Crippen LogP contribution in [0.3, 0.4) is 0 Å². The van der Waals surface area contributed by atoms with Crippen LogP contribution in [0.2, 0.25) is 0 Å². The van der Waals surface area contributed by atoms with Crippen molar-refractivity contribution < 1.29 is 14.1 Å². The molecule has 1 amide bonds. The van der Waals surface area contributed by atoms with Gasteiger partial charge in [-0.15, -0.1) is 0 Å². The fraction of sp³-hybridized carbons (Fsp3) is 0.0909. The first-order valence-electron chi connectivity index (χ1n) is 9.35. The van der Waals surface area contributed by atoms with Gasteiger partial charge in [0, 0.05) is 34.4 Å². The fourth-order valence-electron chi connectivity index (χ4n) is 3.22. The summed E-state index contributed by atoms with van der Waals surface area (Å²) in [7, 11) is 0. The van der Waals surface area contributed by atoms with Crippen molar-refractivity contribution >= 4 is 39.9 Å². The van der Waals surface area contributed by atoms with E-state index in [-0.39, 0.29) is 5.69 Å². The minimum Gasteiger partial charge on any atom is -0.340 e. The summed E-state index contributed by atoms with van der Waals surface area (Å²) in [4.78, 5) is 28.2. The fourth-order valence-corrected chi connectivity index (χ4v) is 4.31. The van der Waals surface area contributed by atoms with Gasteiger partial charge in [0.2, 0.25) is 0 Å². The summed E-state index contributed by atoms with van der Waals surface area (Å²) in [5, 5.41) is 14.8. The van der Waals surface area contributed by atoms with Crippen LogP contribution in [0.4, 0.5) is 15.8 Å². The molecule has 0 radical (unpaired) electrons. The molecule has 156 valence electrons. The molecule has 2 aromatic heterocycles. The lowest BCUT2D eigenvalue weighted by atomic mass is 10.2. The van der Waals surface area contributed by atoms with Crippen molar-refractivity contribution in [1.29, 1.82) is 0 Å². The van der Waals surface area contributed by atoms with Crippen molar-refractivity contribution in [2.75, 3.05) is 12.0 Å². The Kier molecular flexibility index (Phi) is 5.94. The average molecular weight is 436 g/mol. The third kappa shape index (κ3) is 4.56. The van der Waals surface area contributed by atoms with Gasteiger partial charge in [-0.2, -0.15) is 0 Å². The molecular weight excluding hydrogens is 419 g/mol. The number of nitro benzene ring substituents is 1. The maximum atomic E-state index is 12.6. The average Bonchev–Trinajstić information content (AvgIpc) is 3.11. The molecule has 2 heterocycles. The Morgan fingerprint density at radius 1 is 1.13 bits per heavy atom. The number of halogens is 1. The monoisotopic (exact) mass is 436 g/mol. The highest BCUT2D eigenvalue weighted by molar-refractivity contribution is 7.99. The Morgan fingerprint density at radius 2 is 1.94 bits per heavy atom. The number of carbonyl (C=O) groups excluding carboxylic acids is 1. The summed E-state index contributed by atoms with van der Waals surface area (Å²) in [6, 6.07) is 17.5. The minimum absolute atomic E-state index is 0.0324. The summed E-state index contributed by atoms with van der Waals surface area (Å²) < 4.78 is 14.6. The number of hydrogen-bond donors (Lipinski definition) is 1. The summed E-state index contributed by atoms with van der Waals surface area (Å²) >= 11 is 1.30. The number of fused-ring (bicyclic) bond motifs is 1. The van der Waals surface area contributed by atoms with Crippen LogP contribution in [0.5, 0.6) is 0 Å². The van der Waals surface area contributed by atoms with Crippen LogP contribution in [-0.2, 0) is 11.3 Å². The molecule has 2 aromatic carbocycles. The molecule has 0 fully saturated rings.